The number of hydrogen-bond donors (Lipinski definition) is 2. The molecule has 0 saturated heterocycles. The van der Waals surface area contributed by atoms with Crippen molar-refractivity contribution >= 4 is 28.8 Å². The van der Waals surface area contributed by atoms with Gasteiger partial charge in [0.25, 0.3) is 5.91 Å². The van der Waals surface area contributed by atoms with E-state index >= 15 is 0 Å². The fraction of sp³-hybridized carbons (Fsp3) is 0.190. The summed E-state index contributed by atoms with van der Waals surface area (Å²) in [6.07, 6.45) is 0.687. The molecule has 138 valence electrons. The van der Waals surface area contributed by atoms with Gasteiger partial charge in [-0.15, -0.1) is 11.3 Å². The maximum atomic E-state index is 12.1. The molecule has 0 spiro atoms. The quantitative estimate of drug-likeness (QED) is 0.679. The summed E-state index contributed by atoms with van der Waals surface area (Å²) in [6, 6.07) is 15.1. The second-order valence-electron chi connectivity index (χ2n) is 6.26. The van der Waals surface area contributed by atoms with Gasteiger partial charge >= 0.3 is 0 Å². The Labute approximate surface area is 162 Å². The van der Waals surface area contributed by atoms with Gasteiger partial charge < -0.3 is 10.6 Å². The van der Waals surface area contributed by atoms with Crippen LogP contribution in [0.25, 0.3) is 11.3 Å². The normalized spacial score (nSPS) is 10.4. The van der Waals surface area contributed by atoms with Crippen LogP contribution in [0.15, 0.2) is 53.9 Å². The van der Waals surface area contributed by atoms with E-state index in [2.05, 4.69) is 15.6 Å². The van der Waals surface area contributed by atoms with Crippen molar-refractivity contribution in [3.63, 3.8) is 0 Å². The smallest absolute Gasteiger partial charge is 0.251 e. The average molecular weight is 379 g/mol. The van der Waals surface area contributed by atoms with Crippen LogP contribution in [0.3, 0.4) is 0 Å². The number of aryl methyl sites for hydroxylation is 1. The Kier molecular flexibility index (Phi) is 5.98. The van der Waals surface area contributed by atoms with Crippen molar-refractivity contribution < 1.29 is 9.59 Å². The topological polar surface area (TPSA) is 71.1 Å². The minimum absolute atomic E-state index is 0.0691. The molecular formula is C21H21N3O2S. The number of amides is 2. The number of hydrogen-bond acceptors (Lipinski definition) is 4. The Morgan fingerprint density at radius 2 is 1.74 bits per heavy atom. The Morgan fingerprint density at radius 1 is 1.04 bits per heavy atom. The number of anilines is 1. The van der Waals surface area contributed by atoms with E-state index < -0.39 is 0 Å². The number of benzene rings is 2. The van der Waals surface area contributed by atoms with Crippen molar-refractivity contribution in [2.24, 2.45) is 0 Å². The first kappa shape index (κ1) is 18.8. The molecule has 3 rings (SSSR count). The molecule has 0 saturated carbocycles. The van der Waals surface area contributed by atoms with Gasteiger partial charge in [-0.2, -0.15) is 0 Å². The van der Waals surface area contributed by atoms with Gasteiger partial charge in [-0.3, -0.25) is 9.59 Å². The molecule has 1 heterocycles. The second-order valence-corrected chi connectivity index (χ2v) is 7.20. The molecule has 2 aromatic carbocycles. The monoisotopic (exact) mass is 379 g/mol. The largest absolute Gasteiger partial charge is 0.352 e. The molecule has 0 aliphatic rings. The maximum absolute atomic E-state index is 12.1. The fourth-order valence-electron chi connectivity index (χ4n) is 2.58. The van der Waals surface area contributed by atoms with E-state index in [1.807, 2.05) is 60.8 Å². The highest BCUT2D eigenvalue weighted by Gasteiger charge is 2.07. The van der Waals surface area contributed by atoms with Gasteiger partial charge in [0.2, 0.25) is 5.91 Å². The number of aromatic nitrogens is 1. The molecule has 27 heavy (non-hydrogen) atoms. The van der Waals surface area contributed by atoms with Gasteiger partial charge in [-0.05, 0) is 31.2 Å². The van der Waals surface area contributed by atoms with Crippen LogP contribution in [0.2, 0.25) is 0 Å². The number of rotatable bonds is 6. The minimum atomic E-state index is -0.0913. The number of carbonyl (C=O) groups is 2. The molecular weight excluding hydrogens is 358 g/mol. The molecule has 2 amide bonds. The first-order valence-electron chi connectivity index (χ1n) is 8.68. The van der Waals surface area contributed by atoms with E-state index in [9.17, 15) is 9.59 Å². The molecule has 0 radical (unpaired) electrons. The lowest BCUT2D eigenvalue weighted by Crippen LogP contribution is -2.25. The van der Waals surface area contributed by atoms with Gasteiger partial charge in [-0.1, -0.05) is 29.8 Å². The molecule has 6 heteroatoms. The third-order valence-corrected chi connectivity index (χ3v) is 4.90. The van der Waals surface area contributed by atoms with Crippen molar-refractivity contribution in [3.05, 3.63) is 70.0 Å². The zero-order chi connectivity index (χ0) is 19.2. The van der Waals surface area contributed by atoms with E-state index in [0.717, 1.165) is 27.5 Å². The minimum Gasteiger partial charge on any atom is -0.352 e. The van der Waals surface area contributed by atoms with E-state index in [0.29, 0.717) is 18.5 Å². The maximum Gasteiger partial charge on any atom is 0.251 e. The molecule has 1 aromatic heterocycles. The van der Waals surface area contributed by atoms with Crippen LogP contribution in [0.5, 0.6) is 0 Å². The third kappa shape index (κ3) is 5.24. The molecule has 0 aliphatic heterocycles. The van der Waals surface area contributed by atoms with Crippen LogP contribution in [0.4, 0.5) is 5.69 Å². The van der Waals surface area contributed by atoms with Gasteiger partial charge in [-0.25, -0.2) is 4.98 Å². The van der Waals surface area contributed by atoms with Crippen LogP contribution in [0.1, 0.15) is 27.9 Å². The molecule has 5 nitrogen and oxygen atoms in total. The van der Waals surface area contributed by atoms with Crippen LogP contribution in [-0.4, -0.2) is 23.3 Å². The summed E-state index contributed by atoms with van der Waals surface area (Å²) < 4.78 is 0. The molecule has 0 fully saturated rings. The zero-order valence-electron chi connectivity index (χ0n) is 15.3. The van der Waals surface area contributed by atoms with Crippen LogP contribution in [0, 0.1) is 6.92 Å². The van der Waals surface area contributed by atoms with Crippen molar-refractivity contribution in [2.45, 2.75) is 20.3 Å². The number of carbonyl (C=O) groups excluding carboxylic acids is 2. The van der Waals surface area contributed by atoms with Crippen molar-refractivity contribution in [2.75, 3.05) is 11.9 Å². The van der Waals surface area contributed by atoms with E-state index in [-0.39, 0.29) is 11.8 Å². The van der Waals surface area contributed by atoms with E-state index in [4.69, 9.17) is 0 Å². The third-order valence-electron chi connectivity index (χ3n) is 3.99. The molecule has 0 bridgehead atoms. The summed E-state index contributed by atoms with van der Waals surface area (Å²) >= 11 is 1.58. The Hall–Kier alpha value is -2.99. The predicted octanol–water partition coefficient (Wildman–Crippen LogP) is 4.05. The van der Waals surface area contributed by atoms with Crippen LogP contribution in [-0.2, 0) is 11.2 Å². The molecule has 0 atom stereocenters. The highest BCUT2D eigenvalue weighted by atomic mass is 32.1. The summed E-state index contributed by atoms with van der Waals surface area (Å²) in [4.78, 5) is 27.8. The molecule has 0 aliphatic carbocycles. The molecule has 0 unspecified atom stereocenters. The molecule has 2 N–H and O–H groups in total. The lowest BCUT2D eigenvalue weighted by molar-refractivity contribution is -0.114. The van der Waals surface area contributed by atoms with Gasteiger partial charge in [0.15, 0.2) is 0 Å². The van der Waals surface area contributed by atoms with E-state index in [1.54, 1.807) is 11.3 Å². The highest BCUT2D eigenvalue weighted by molar-refractivity contribution is 7.09. The first-order chi connectivity index (χ1) is 13.0. The second kappa shape index (κ2) is 8.60. The number of nitrogens with zero attached hydrogens (tertiary/aromatic N) is 1. The highest BCUT2D eigenvalue weighted by Crippen LogP contribution is 2.23. The Balaban J connectivity index is 1.54. The summed E-state index contributed by atoms with van der Waals surface area (Å²) in [7, 11) is 0. The summed E-state index contributed by atoms with van der Waals surface area (Å²) in [6.45, 7) is 4.02. The summed E-state index contributed by atoms with van der Waals surface area (Å²) in [5, 5.41) is 8.65. The zero-order valence-corrected chi connectivity index (χ0v) is 16.1. The standard InChI is InChI=1S/C21H21N3O2S/c1-14-3-5-17(6-4-14)21(26)22-12-11-20-24-19(13-27-20)16-7-9-18(10-8-16)23-15(2)25/h3-10,13H,11-12H2,1-2H3,(H,22,26)(H,23,25). The van der Waals surface area contributed by atoms with Crippen molar-refractivity contribution in [3.8, 4) is 11.3 Å². The predicted molar refractivity (Wildman–Crippen MR) is 109 cm³/mol. The lowest BCUT2D eigenvalue weighted by Gasteiger charge is -2.04. The van der Waals surface area contributed by atoms with E-state index in [1.165, 1.54) is 6.92 Å². The fourth-order valence-corrected chi connectivity index (χ4v) is 3.38. The Bertz CT molecular complexity index is 931. The Morgan fingerprint density at radius 3 is 2.41 bits per heavy atom. The average Bonchev–Trinajstić information content (AvgIpc) is 3.11. The van der Waals surface area contributed by atoms with Gasteiger partial charge in [0.1, 0.15) is 0 Å². The number of thiazole rings is 1. The lowest BCUT2D eigenvalue weighted by atomic mass is 10.1. The van der Waals surface area contributed by atoms with Crippen LogP contribution >= 0.6 is 11.3 Å². The van der Waals surface area contributed by atoms with Gasteiger partial charge in [0, 0.05) is 42.1 Å². The van der Waals surface area contributed by atoms with Crippen LogP contribution < -0.4 is 10.6 Å². The number of nitrogens with one attached hydrogen (secondary N) is 2. The van der Waals surface area contributed by atoms with Gasteiger partial charge in [0.05, 0.1) is 10.7 Å². The first-order valence-corrected chi connectivity index (χ1v) is 9.56. The SMILES string of the molecule is CC(=O)Nc1ccc(-c2csc(CCNC(=O)c3ccc(C)cc3)n2)cc1. The summed E-state index contributed by atoms with van der Waals surface area (Å²) in [5.41, 5.74) is 4.46. The van der Waals surface area contributed by atoms with Crippen molar-refractivity contribution in [1.29, 1.82) is 0 Å². The summed E-state index contributed by atoms with van der Waals surface area (Å²) in [5.74, 6) is -0.160. The van der Waals surface area contributed by atoms with Crippen molar-refractivity contribution in [1.82, 2.24) is 10.3 Å². The molecule has 3 aromatic rings.